The van der Waals surface area contributed by atoms with Crippen molar-refractivity contribution in [1.82, 2.24) is 19.5 Å². The molecular formula is C22H42N5O7PSi2. The van der Waals surface area contributed by atoms with Crippen molar-refractivity contribution in [2.24, 2.45) is 0 Å². The van der Waals surface area contributed by atoms with Gasteiger partial charge in [0.1, 0.15) is 30.2 Å². The van der Waals surface area contributed by atoms with Crippen LogP contribution in [0.3, 0.4) is 0 Å². The molecule has 210 valence electrons. The van der Waals surface area contributed by atoms with Gasteiger partial charge in [-0.3, -0.25) is 9.09 Å². The Kier molecular flexibility index (Phi) is 7.51. The van der Waals surface area contributed by atoms with Crippen LogP contribution in [0.2, 0.25) is 36.3 Å². The van der Waals surface area contributed by atoms with Gasteiger partial charge in [-0.2, -0.15) is 0 Å². The molecule has 3 heterocycles. The van der Waals surface area contributed by atoms with Crippen LogP contribution >= 0.6 is 7.82 Å². The molecule has 0 unspecified atom stereocenters. The number of aliphatic hydroxyl groups is 2. The van der Waals surface area contributed by atoms with E-state index < -0.39 is 63.4 Å². The van der Waals surface area contributed by atoms with E-state index in [0.717, 1.165) is 0 Å². The van der Waals surface area contributed by atoms with Crippen LogP contribution < -0.4 is 5.73 Å². The summed E-state index contributed by atoms with van der Waals surface area (Å²) in [6, 6.07) is 0. The largest absolute Gasteiger partial charge is 0.469 e. The average molecular weight is 576 g/mol. The summed E-state index contributed by atoms with van der Waals surface area (Å²) in [7, 11) is -11.0. The fourth-order valence-corrected chi connectivity index (χ4v) is 21.0. The van der Waals surface area contributed by atoms with Gasteiger partial charge < -0.3 is 30.5 Å². The molecule has 1 saturated heterocycles. The summed E-state index contributed by atoms with van der Waals surface area (Å²) in [6.45, 7) is 20.2. The van der Waals surface area contributed by atoms with Crippen LogP contribution in [0.25, 0.3) is 11.2 Å². The van der Waals surface area contributed by atoms with E-state index in [4.69, 9.17) is 15.0 Å². The molecule has 6 N–H and O–H groups in total. The minimum atomic E-state index is -5.10. The SMILES string of the molecule is CC(C)(C)[Si](C)(C)C(OP(=O)(O)O)([C@H]1O[C@@H](n2cnc3c(N)ncnc32)[C@H](O)[C@@H]1O)[Si](C)(C)C(C)(C)C. The zero-order valence-corrected chi connectivity index (χ0v) is 26.2. The van der Waals surface area contributed by atoms with E-state index >= 15 is 0 Å². The van der Waals surface area contributed by atoms with Gasteiger partial charge in [0, 0.05) is 0 Å². The molecule has 0 bridgehead atoms. The molecule has 3 rings (SSSR count). The van der Waals surface area contributed by atoms with Crippen molar-refractivity contribution in [3.63, 3.8) is 0 Å². The van der Waals surface area contributed by atoms with Gasteiger partial charge in [0.15, 0.2) is 17.7 Å². The average Bonchev–Trinajstić information content (AvgIpc) is 3.26. The summed E-state index contributed by atoms with van der Waals surface area (Å²) in [6.07, 6.45) is -2.74. The first-order valence-corrected chi connectivity index (χ1v) is 19.8. The van der Waals surface area contributed by atoms with Crippen LogP contribution in [0.1, 0.15) is 47.8 Å². The number of nitrogens with zero attached hydrogens (tertiary/aromatic N) is 4. The molecule has 1 fully saturated rings. The number of phosphoric ester groups is 1. The third-order valence-corrected chi connectivity index (χ3v) is 25.8. The molecule has 2 aromatic rings. The third kappa shape index (κ3) is 4.63. The number of rotatable bonds is 6. The van der Waals surface area contributed by atoms with Gasteiger partial charge in [-0.1, -0.05) is 67.7 Å². The topological polar surface area (TPSA) is 186 Å². The molecular weight excluding hydrogens is 533 g/mol. The Morgan fingerprint density at radius 1 is 0.973 bits per heavy atom. The van der Waals surface area contributed by atoms with E-state index in [1.165, 1.54) is 17.2 Å². The van der Waals surface area contributed by atoms with Gasteiger partial charge in [0.25, 0.3) is 0 Å². The Morgan fingerprint density at radius 2 is 1.49 bits per heavy atom. The number of hydrogen-bond donors (Lipinski definition) is 5. The van der Waals surface area contributed by atoms with Gasteiger partial charge in [0.2, 0.25) is 0 Å². The van der Waals surface area contributed by atoms with Crippen LogP contribution in [-0.4, -0.2) is 78.8 Å². The number of nitrogens with two attached hydrogens (primary N) is 1. The third-order valence-electron chi connectivity index (χ3n) is 9.17. The van der Waals surface area contributed by atoms with Crippen LogP contribution in [-0.2, 0) is 13.8 Å². The number of phosphoric acid groups is 1. The fraction of sp³-hybridized carbons (Fsp3) is 0.773. The molecule has 1 aliphatic heterocycles. The van der Waals surface area contributed by atoms with Crippen molar-refractivity contribution in [3.05, 3.63) is 12.7 Å². The number of aliphatic hydroxyl groups excluding tert-OH is 2. The van der Waals surface area contributed by atoms with Crippen molar-refractivity contribution >= 4 is 41.0 Å². The number of ether oxygens (including phenoxy) is 1. The highest BCUT2D eigenvalue weighted by Gasteiger charge is 2.74. The lowest BCUT2D eigenvalue weighted by Crippen LogP contribution is -2.81. The quantitative estimate of drug-likeness (QED) is 0.252. The summed E-state index contributed by atoms with van der Waals surface area (Å²) in [5.41, 5.74) is 6.54. The smallest absolute Gasteiger partial charge is 0.387 e. The maximum atomic E-state index is 12.7. The molecule has 15 heteroatoms. The normalized spacial score (nSPS) is 24.7. The highest BCUT2D eigenvalue weighted by atomic mass is 31.2. The molecule has 37 heavy (non-hydrogen) atoms. The van der Waals surface area contributed by atoms with Crippen molar-refractivity contribution in [2.45, 2.75) is 107 Å². The van der Waals surface area contributed by atoms with E-state index in [1.54, 1.807) is 0 Å². The molecule has 12 nitrogen and oxygen atoms in total. The van der Waals surface area contributed by atoms with Crippen molar-refractivity contribution in [1.29, 1.82) is 0 Å². The van der Waals surface area contributed by atoms with Crippen LogP contribution in [0.15, 0.2) is 12.7 Å². The first kappa shape index (κ1) is 30.3. The molecule has 0 saturated carbocycles. The number of fused-ring (bicyclic) bond motifs is 1. The summed E-state index contributed by atoms with van der Waals surface area (Å²) in [5, 5.41) is 22.0. The summed E-state index contributed by atoms with van der Waals surface area (Å²) < 4.78 is 26.7. The monoisotopic (exact) mass is 575 g/mol. The second kappa shape index (κ2) is 9.17. The molecule has 1 aliphatic rings. The van der Waals surface area contributed by atoms with E-state index in [2.05, 4.69) is 15.0 Å². The molecule has 0 radical (unpaired) electrons. The van der Waals surface area contributed by atoms with Crippen molar-refractivity contribution in [3.8, 4) is 0 Å². The van der Waals surface area contributed by atoms with Crippen LogP contribution in [0.5, 0.6) is 0 Å². The Bertz CT molecular complexity index is 1180. The van der Waals surface area contributed by atoms with E-state index in [9.17, 15) is 24.6 Å². The predicted molar refractivity (Wildman–Crippen MR) is 146 cm³/mol. The van der Waals surface area contributed by atoms with Crippen molar-refractivity contribution < 1.29 is 33.8 Å². The maximum Gasteiger partial charge on any atom is 0.469 e. The number of imidazole rings is 1. The first-order chi connectivity index (χ1) is 16.5. The lowest BCUT2D eigenvalue weighted by molar-refractivity contribution is -0.0807. The van der Waals surface area contributed by atoms with Gasteiger partial charge in [-0.05, 0) is 10.1 Å². The molecule has 2 aromatic heterocycles. The van der Waals surface area contributed by atoms with Crippen LogP contribution in [0.4, 0.5) is 5.82 Å². The Hall–Kier alpha value is -1.23. The zero-order valence-electron chi connectivity index (χ0n) is 23.3. The van der Waals surface area contributed by atoms with Gasteiger partial charge >= 0.3 is 7.82 Å². The van der Waals surface area contributed by atoms with Crippen molar-refractivity contribution in [2.75, 3.05) is 5.73 Å². The lowest BCUT2D eigenvalue weighted by Gasteiger charge is -2.63. The summed E-state index contributed by atoms with van der Waals surface area (Å²) in [5.74, 6) is 0.148. The van der Waals surface area contributed by atoms with E-state index in [1.807, 2.05) is 67.7 Å². The maximum absolute atomic E-state index is 12.7. The molecule has 0 amide bonds. The zero-order chi connectivity index (χ0) is 28.6. The van der Waals surface area contributed by atoms with Gasteiger partial charge in [-0.15, -0.1) is 0 Å². The number of anilines is 1. The van der Waals surface area contributed by atoms with Crippen LogP contribution in [0, 0.1) is 0 Å². The second-order valence-electron chi connectivity index (χ2n) is 13.1. The lowest BCUT2D eigenvalue weighted by atomic mass is 10.1. The van der Waals surface area contributed by atoms with E-state index in [0.29, 0.717) is 11.2 Å². The Morgan fingerprint density at radius 3 is 1.95 bits per heavy atom. The number of aromatic nitrogens is 4. The Labute approximate surface area is 219 Å². The molecule has 0 aliphatic carbocycles. The van der Waals surface area contributed by atoms with Gasteiger partial charge in [-0.25, -0.2) is 19.5 Å². The van der Waals surface area contributed by atoms with E-state index in [-0.39, 0.29) is 5.82 Å². The second-order valence-corrected chi connectivity index (χ2v) is 25.7. The Balaban J connectivity index is 2.34. The van der Waals surface area contributed by atoms with Gasteiger partial charge in [0.05, 0.1) is 27.3 Å². The predicted octanol–water partition coefficient (Wildman–Crippen LogP) is 2.97. The number of hydrogen-bond acceptors (Lipinski definition) is 9. The highest BCUT2D eigenvalue weighted by molar-refractivity contribution is 7.46. The molecule has 0 spiro atoms. The molecule has 0 aromatic carbocycles. The minimum absolute atomic E-state index is 0.148. The highest BCUT2D eigenvalue weighted by Crippen LogP contribution is 2.62. The summed E-state index contributed by atoms with van der Waals surface area (Å²) >= 11 is 0. The first-order valence-electron chi connectivity index (χ1n) is 12.2. The minimum Gasteiger partial charge on any atom is -0.387 e. The summed E-state index contributed by atoms with van der Waals surface area (Å²) in [4.78, 5) is 31.5. The molecule has 4 atom stereocenters. The standard InChI is InChI=1S/C22H42N5O7PSi2/c1-20(2,3)36(7,8)22(34-35(30,31)32,37(9,10)21(4,5)6)16-14(28)15(29)19(33-16)27-12-26-13-17(23)24-11-25-18(13)27/h11-12,14-16,19,28-29H,1-10H3,(H2,23,24,25)(H2,30,31,32)/t14-,15+,16-,19+/m0/s1. The fourth-order valence-electron chi connectivity index (χ4n) is 5.36. The number of nitrogen functional groups attached to an aromatic ring is 1.